The van der Waals surface area contributed by atoms with Gasteiger partial charge in [0.2, 0.25) is 0 Å². The van der Waals surface area contributed by atoms with Crippen molar-refractivity contribution in [2.24, 2.45) is 0 Å². The van der Waals surface area contributed by atoms with Crippen LogP contribution in [0.3, 0.4) is 0 Å². The Balaban J connectivity index is 1.57. The Bertz CT molecular complexity index is 1240. The fourth-order valence-electron chi connectivity index (χ4n) is 3.70. The number of imide groups is 1. The second-order valence-corrected chi connectivity index (χ2v) is 7.49. The molecule has 0 unspecified atom stereocenters. The second-order valence-electron chi connectivity index (χ2n) is 7.49. The zero-order valence-corrected chi connectivity index (χ0v) is 18.0. The van der Waals surface area contributed by atoms with Crippen LogP contribution >= 0.6 is 0 Å². The predicted molar refractivity (Wildman–Crippen MR) is 122 cm³/mol. The van der Waals surface area contributed by atoms with Crippen molar-refractivity contribution in [3.05, 3.63) is 94.5 Å². The molecule has 0 saturated carbocycles. The number of nitriles is 1. The third-order valence-electron chi connectivity index (χ3n) is 5.30. The molecule has 0 atom stereocenters. The highest BCUT2D eigenvalue weighted by Gasteiger charge is 2.35. The van der Waals surface area contributed by atoms with Crippen LogP contribution < -0.4 is 10.1 Å². The van der Waals surface area contributed by atoms with E-state index in [9.17, 15) is 14.4 Å². The average molecular weight is 439 g/mol. The van der Waals surface area contributed by atoms with E-state index in [1.165, 1.54) is 4.90 Å². The SMILES string of the molecule is CCOc1ccc(CN2C(=O)c3ccccc3C2=O)cc1C(=O)Nc1ccc(CC#N)cc1. The Morgan fingerprint density at radius 1 is 0.970 bits per heavy atom. The lowest BCUT2D eigenvalue weighted by atomic mass is 10.1. The molecule has 1 aliphatic rings. The van der Waals surface area contributed by atoms with Gasteiger partial charge in [0.1, 0.15) is 5.75 Å². The molecule has 0 spiro atoms. The number of anilines is 1. The van der Waals surface area contributed by atoms with Crippen molar-refractivity contribution in [3.8, 4) is 11.8 Å². The zero-order valence-electron chi connectivity index (χ0n) is 18.0. The monoisotopic (exact) mass is 439 g/mol. The maximum Gasteiger partial charge on any atom is 0.261 e. The maximum absolute atomic E-state index is 13.0. The summed E-state index contributed by atoms with van der Waals surface area (Å²) in [5, 5.41) is 11.6. The molecule has 1 heterocycles. The number of carbonyl (C=O) groups excluding carboxylic acids is 3. The average Bonchev–Trinajstić information content (AvgIpc) is 3.06. The number of carbonyl (C=O) groups is 3. The molecule has 3 amide bonds. The lowest BCUT2D eigenvalue weighted by molar-refractivity contribution is 0.0642. The Hall–Kier alpha value is -4.44. The Labute approximate surface area is 191 Å². The van der Waals surface area contributed by atoms with Crippen molar-refractivity contribution >= 4 is 23.4 Å². The molecular weight excluding hydrogens is 418 g/mol. The van der Waals surface area contributed by atoms with Crippen molar-refractivity contribution in [3.63, 3.8) is 0 Å². The van der Waals surface area contributed by atoms with E-state index in [1.807, 2.05) is 6.92 Å². The summed E-state index contributed by atoms with van der Waals surface area (Å²) in [7, 11) is 0. The van der Waals surface area contributed by atoms with Crippen molar-refractivity contribution in [2.75, 3.05) is 11.9 Å². The highest BCUT2D eigenvalue weighted by atomic mass is 16.5. The third kappa shape index (κ3) is 4.46. The number of nitrogens with zero attached hydrogens (tertiary/aromatic N) is 2. The molecule has 0 fully saturated rings. The molecule has 33 heavy (non-hydrogen) atoms. The van der Waals surface area contributed by atoms with Gasteiger partial charge in [-0.15, -0.1) is 0 Å². The summed E-state index contributed by atoms with van der Waals surface area (Å²) in [6, 6.07) is 20.9. The minimum atomic E-state index is -0.379. The topological polar surface area (TPSA) is 99.5 Å². The molecule has 1 N–H and O–H groups in total. The molecule has 3 aromatic rings. The van der Waals surface area contributed by atoms with Crippen molar-refractivity contribution < 1.29 is 19.1 Å². The summed E-state index contributed by atoms with van der Waals surface area (Å²) >= 11 is 0. The van der Waals surface area contributed by atoms with Crippen molar-refractivity contribution in [1.82, 2.24) is 4.90 Å². The minimum Gasteiger partial charge on any atom is -0.493 e. The van der Waals surface area contributed by atoms with Gasteiger partial charge in [-0.3, -0.25) is 19.3 Å². The number of rotatable bonds is 7. The number of nitrogens with one attached hydrogen (secondary N) is 1. The first-order valence-corrected chi connectivity index (χ1v) is 10.5. The number of ether oxygens (including phenoxy) is 1. The second kappa shape index (κ2) is 9.37. The Kier molecular flexibility index (Phi) is 6.18. The van der Waals surface area contributed by atoms with Crippen LogP contribution in [0.1, 0.15) is 49.1 Å². The quantitative estimate of drug-likeness (QED) is 0.556. The number of benzene rings is 3. The standard InChI is InChI=1S/C26H21N3O4/c1-2-33-23-12-9-18(16-29-25(31)20-5-3-4-6-21(20)26(29)32)15-22(23)24(30)28-19-10-7-17(8-11-19)13-14-27/h3-12,15H,2,13,16H2,1H3,(H,28,30). The summed E-state index contributed by atoms with van der Waals surface area (Å²) in [5.74, 6) is -0.682. The van der Waals surface area contributed by atoms with E-state index in [2.05, 4.69) is 11.4 Å². The summed E-state index contributed by atoms with van der Waals surface area (Å²) in [4.78, 5) is 39.6. The molecule has 0 radical (unpaired) electrons. The molecule has 7 heteroatoms. The van der Waals surface area contributed by atoms with E-state index in [4.69, 9.17) is 10.00 Å². The van der Waals surface area contributed by atoms with Gasteiger partial charge in [0.15, 0.2) is 0 Å². The maximum atomic E-state index is 13.0. The first-order valence-electron chi connectivity index (χ1n) is 10.5. The van der Waals surface area contributed by atoms with Crippen molar-refractivity contribution in [2.45, 2.75) is 19.9 Å². The van der Waals surface area contributed by atoms with Crippen LogP contribution in [0.4, 0.5) is 5.69 Å². The molecule has 1 aliphatic heterocycles. The summed E-state index contributed by atoms with van der Waals surface area (Å²) in [6.07, 6.45) is 0.294. The molecule has 0 saturated heterocycles. The van der Waals surface area contributed by atoms with E-state index < -0.39 is 0 Å². The minimum absolute atomic E-state index is 0.0435. The number of fused-ring (bicyclic) bond motifs is 1. The van der Waals surface area contributed by atoms with Crippen LogP contribution in [0, 0.1) is 11.3 Å². The van der Waals surface area contributed by atoms with Gasteiger partial charge in [-0.2, -0.15) is 5.26 Å². The van der Waals surface area contributed by atoms with Crippen LogP contribution in [0.5, 0.6) is 5.75 Å². The molecule has 0 aromatic heterocycles. The number of hydrogen-bond acceptors (Lipinski definition) is 5. The normalized spacial score (nSPS) is 12.3. The fraction of sp³-hybridized carbons (Fsp3) is 0.154. The van der Waals surface area contributed by atoms with E-state index in [-0.39, 0.29) is 24.3 Å². The molecule has 0 aliphatic carbocycles. The lowest BCUT2D eigenvalue weighted by Crippen LogP contribution is -2.29. The first kappa shape index (κ1) is 21.8. The van der Waals surface area contributed by atoms with Crippen LogP contribution in [-0.4, -0.2) is 29.2 Å². The Morgan fingerprint density at radius 2 is 1.61 bits per heavy atom. The smallest absolute Gasteiger partial charge is 0.261 e. The van der Waals surface area contributed by atoms with Crippen molar-refractivity contribution in [1.29, 1.82) is 5.26 Å². The van der Waals surface area contributed by atoms with Crippen LogP contribution in [-0.2, 0) is 13.0 Å². The number of hydrogen-bond donors (Lipinski definition) is 1. The predicted octanol–water partition coefficient (Wildman–Crippen LogP) is 4.20. The first-order chi connectivity index (χ1) is 16.0. The van der Waals surface area contributed by atoms with Gasteiger partial charge in [0, 0.05) is 5.69 Å². The number of amides is 3. The Morgan fingerprint density at radius 3 is 2.21 bits per heavy atom. The summed E-state index contributed by atoms with van der Waals surface area (Å²) in [6.45, 7) is 2.24. The van der Waals surface area contributed by atoms with E-state index >= 15 is 0 Å². The molecular formula is C26H21N3O4. The van der Waals surface area contributed by atoms with Crippen LogP contribution in [0.25, 0.3) is 0 Å². The van der Waals surface area contributed by atoms with Gasteiger partial charge >= 0.3 is 0 Å². The molecule has 0 bridgehead atoms. The van der Waals surface area contributed by atoms with E-state index in [0.29, 0.717) is 46.7 Å². The van der Waals surface area contributed by atoms with Gasteiger partial charge in [-0.25, -0.2) is 0 Å². The van der Waals surface area contributed by atoms with Crippen LogP contribution in [0.15, 0.2) is 66.7 Å². The highest BCUT2D eigenvalue weighted by molar-refractivity contribution is 6.21. The van der Waals surface area contributed by atoms with E-state index in [0.717, 1.165) is 5.56 Å². The fourth-order valence-corrected chi connectivity index (χ4v) is 3.70. The van der Waals surface area contributed by atoms with Gasteiger partial charge in [-0.1, -0.05) is 30.3 Å². The van der Waals surface area contributed by atoms with Gasteiger partial charge in [0.05, 0.1) is 42.3 Å². The molecule has 7 nitrogen and oxygen atoms in total. The highest BCUT2D eigenvalue weighted by Crippen LogP contribution is 2.27. The third-order valence-corrected chi connectivity index (χ3v) is 5.30. The van der Waals surface area contributed by atoms with Gasteiger partial charge in [0.25, 0.3) is 17.7 Å². The molecule has 3 aromatic carbocycles. The van der Waals surface area contributed by atoms with Gasteiger partial charge in [-0.05, 0) is 54.4 Å². The van der Waals surface area contributed by atoms with Gasteiger partial charge < -0.3 is 10.1 Å². The summed E-state index contributed by atoms with van der Waals surface area (Å²) in [5.41, 5.74) is 3.12. The lowest BCUT2D eigenvalue weighted by Gasteiger charge is -2.16. The van der Waals surface area contributed by atoms with E-state index in [1.54, 1.807) is 66.7 Å². The molecule has 4 rings (SSSR count). The summed E-state index contributed by atoms with van der Waals surface area (Å²) < 4.78 is 5.62. The zero-order chi connectivity index (χ0) is 23.4. The molecule has 164 valence electrons. The largest absolute Gasteiger partial charge is 0.493 e. The van der Waals surface area contributed by atoms with Crippen LogP contribution in [0.2, 0.25) is 0 Å².